The van der Waals surface area contributed by atoms with Gasteiger partial charge in [-0.15, -0.1) is 0 Å². The van der Waals surface area contributed by atoms with Crippen LogP contribution in [-0.2, 0) is 19.2 Å². The summed E-state index contributed by atoms with van der Waals surface area (Å²) in [5.41, 5.74) is 3.34. The van der Waals surface area contributed by atoms with Crippen molar-refractivity contribution in [3.05, 3.63) is 34.4 Å². The Bertz CT molecular complexity index is 759. The first-order chi connectivity index (χ1) is 13.6. The molecule has 0 radical (unpaired) electrons. The number of carbonyl (C=O) groups is 2. The highest BCUT2D eigenvalue weighted by Gasteiger charge is 2.57. The number of benzene rings is 1. The van der Waals surface area contributed by atoms with E-state index < -0.39 is 11.5 Å². The van der Waals surface area contributed by atoms with E-state index in [9.17, 15) is 9.59 Å². The Morgan fingerprint density at radius 3 is 1.90 bits per heavy atom. The highest BCUT2D eigenvalue weighted by molar-refractivity contribution is 6.14. The molecule has 2 fully saturated rings. The Hall–Kier alpha value is -1.72. The summed E-state index contributed by atoms with van der Waals surface area (Å²) >= 11 is 0. The maximum Gasteiger partial charge on any atom is 0.322 e. The molecule has 2 aliphatic rings. The topological polar surface area (TPSA) is 55.8 Å². The first-order valence-electron chi connectivity index (χ1n) is 10.8. The first kappa shape index (κ1) is 22.0. The van der Waals surface area contributed by atoms with Crippen molar-refractivity contribution in [1.82, 2.24) is 5.06 Å². The highest BCUT2D eigenvalue weighted by Crippen LogP contribution is 2.45. The van der Waals surface area contributed by atoms with Crippen molar-refractivity contribution in [2.24, 2.45) is 0 Å². The molecule has 5 nitrogen and oxygen atoms in total. The lowest BCUT2D eigenvalue weighted by Crippen LogP contribution is -2.48. The smallest absolute Gasteiger partial charge is 0.322 e. The van der Waals surface area contributed by atoms with Gasteiger partial charge in [0.25, 0.3) is 0 Å². The van der Waals surface area contributed by atoms with E-state index in [0.717, 1.165) is 16.7 Å². The van der Waals surface area contributed by atoms with Crippen LogP contribution in [-0.4, -0.2) is 42.6 Å². The van der Waals surface area contributed by atoms with E-state index >= 15 is 0 Å². The second-order valence-corrected chi connectivity index (χ2v) is 9.40. The van der Waals surface area contributed by atoms with Crippen molar-refractivity contribution in [1.29, 1.82) is 0 Å². The molecule has 5 heteroatoms. The lowest BCUT2D eigenvalue weighted by Gasteiger charge is -2.35. The van der Waals surface area contributed by atoms with E-state index in [4.69, 9.17) is 9.57 Å². The summed E-state index contributed by atoms with van der Waals surface area (Å²) in [7, 11) is 1.63. The Morgan fingerprint density at radius 1 is 0.966 bits per heavy atom. The van der Waals surface area contributed by atoms with Crippen LogP contribution >= 0.6 is 0 Å². The number of hydrogen-bond donors (Lipinski definition) is 0. The number of rotatable bonds is 5. The summed E-state index contributed by atoms with van der Waals surface area (Å²) in [5.74, 6) is -0.459. The van der Waals surface area contributed by atoms with Gasteiger partial charge >= 0.3 is 5.97 Å². The number of nitrogens with zero attached hydrogens (tertiary/aromatic N) is 1. The van der Waals surface area contributed by atoms with Crippen LogP contribution in [0.25, 0.3) is 0 Å². The number of carbonyl (C=O) groups excluding carboxylic acids is 2. The molecule has 1 aromatic rings. The molecule has 1 aromatic carbocycles. The summed E-state index contributed by atoms with van der Waals surface area (Å²) in [6.07, 6.45) is 0.972. The van der Waals surface area contributed by atoms with E-state index in [1.54, 1.807) is 7.11 Å². The van der Waals surface area contributed by atoms with Crippen molar-refractivity contribution < 1.29 is 19.2 Å². The van der Waals surface area contributed by atoms with Gasteiger partial charge in [-0.25, -0.2) is 0 Å². The summed E-state index contributed by atoms with van der Waals surface area (Å²) < 4.78 is 5.84. The second-order valence-electron chi connectivity index (χ2n) is 9.40. The van der Waals surface area contributed by atoms with Gasteiger partial charge in [0.1, 0.15) is 5.92 Å². The lowest BCUT2D eigenvalue weighted by atomic mass is 9.75. The maximum atomic E-state index is 13.7. The van der Waals surface area contributed by atoms with Crippen LogP contribution in [0, 0.1) is 0 Å². The Balaban J connectivity index is 2.10. The molecule has 160 valence electrons. The molecule has 1 atom stereocenters. The standard InChI is InChI=1S/C24H35NO4/c1-14(2)17-12-18(15(3)4)20(19(13-17)16(5)6)21-22(26)24(29-23(21)27)8-10-25(28-7)11-9-24/h12-16,21H,8-11H2,1-7H3. The fraction of sp³-hybridized carbons (Fsp3) is 0.667. The molecule has 0 N–H and O–H groups in total. The summed E-state index contributed by atoms with van der Waals surface area (Å²) in [5, 5.41) is 1.82. The average Bonchev–Trinajstić information content (AvgIpc) is 2.90. The van der Waals surface area contributed by atoms with Crippen molar-refractivity contribution >= 4 is 11.8 Å². The number of ketones is 1. The van der Waals surface area contributed by atoms with Crippen molar-refractivity contribution in [2.45, 2.75) is 83.7 Å². The molecular weight excluding hydrogens is 366 g/mol. The molecule has 2 heterocycles. The van der Waals surface area contributed by atoms with Gasteiger partial charge < -0.3 is 9.57 Å². The van der Waals surface area contributed by atoms with Gasteiger partial charge in [0, 0.05) is 25.9 Å². The first-order valence-corrected chi connectivity index (χ1v) is 10.8. The minimum atomic E-state index is -1.00. The van der Waals surface area contributed by atoms with E-state index in [0.29, 0.717) is 31.8 Å². The molecule has 0 aromatic heterocycles. The van der Waals surface area contributed by atoms with Crippen LogP contribution in [0.1, 0.15) is 100 Å². The maximum absolute atomic E-state index is 13.7. The van der Waals surface area contributed by atoms with Gasteiger partial charge in [-0.3, -0.25) is 9.59 Å². The van der Waals surface area contributed by atoms with Gasteiger partial charge in [0.15, 0.2) is 11.4 Å². The fourth-order valence-corrected chi connectivity index (χ4v) is 4.64. The molecule has 29 heavy (non-hydrogen) atoms. The number of piperidine rings is 1. The quantitative estimate of drug-likeness (QED) is 0.530. The van der Waals surface area contributed by atoms with Crippen molar-refractivity contribution in [2.75, 3.05) is 20.2 Å². The SMILES string of the molecule is CON1CCC2(CC1)OC(=O)C(c1c(C(C)C)cc(C(C)C)cc1C(C)C)C2=O. The second kappa shape index (κ2) is 8.19. The zero-order chi connectivity index (χ0) is 21.5. The average molecular weight is 402 g/mol. The third-order valence-electron chi connectivity index (χ3n) is 6.50. The lowest BCUT2D eigenvalue weighted by molar-refractivity contribution is -0.184. The van der Waals surface area contributed by atoms with E-state index in [2.05, 4.69) is 53.7 Å². The number of hydrogen-bond acceptors (Lipinski definition) is 5. The fourth-order valence-electron chi connectivity index (χ4n) is 4.64. The minimum Gasteiger partial charge on any atom is -0.450 e. The molecule has 1 spiro atoms. The summed E-state index contributed by atoms with van der Waals surface area (Å²) in [6.45, 7) is 14.0. The van der Waals surface area contributed by atoms with Gasteiger partial charge in [0.05, 0.1) is 7.11 Å². The Morgan fingerprint density at radius 2 is 1.48 bits per heavy atom. The predicted octanol–water partition coefficient (Wildman–Crippen LogP) is 4.66. The Labute approximate surface area is 174 Å². The van der Waals surface area contributed by atoms with Crippen LogP contribution in [0.3, 0.4) is 0 Å². The molecule has 0 amide bonds. The number of Topliss-reactive ketones (excluding diaryl/α,β-unsaturated/α-hetero) is 1. The molecule has 2 aliphatic heterocycles. The van der Waals surface area contributed by atoms with Gasteiger partial charge in [-0.1, -0.05) is 53.7 Å². The summed E-state index contributed by atoms with van der Waals surface area (Å²) in [4.78, 5) is 32.0. The van der Waals surface area contributed by atoms with Crippen LogP contribution < -0.4 is 0 Å². The van der Waals surface area contributed by atoms with Crippen LogP contribution in [0.2, 0.25) is 0 Å². The third-order valence-corrected chi connectivity index (χ3v) is 6.50. The van der Waals surface area contributed by atoms with Gasteiger partial charge in [0.2, 0.25) is 0 Å². The van der Waals surface area contributed by atoms with E-state index in [-0.39, 0.29) is 23.6 Å². The molecule has 0 saturated carbocycles. The number of ether oxygens (including phenoxy) is 1. The highest BCUT2D eigenvalue weighted by atomic mass is 16.7. The summed E-state index contributed by atoms with van der Waals surface area (Å²) in [6, 6.07) is 4.38. The molecule has 2 saturated heterocycles. The third kappa shape index (κ3) is 3.87. The predicted molar refractivity (Wildman–Crippen MR) is 113 cm³/mol. The number of hydroxylamine groups is 2. The zero-order valence-corrected chi connectivity index (χ0v) is 18.9. The molecule has 0 bridgehead atoms. The molecular formula is C24H35NO4. The van der Waals surface area contributed by atoms with E-state index in [1.165, 1.54) is 5.56 Å². The normalized spacial score (nSPS) is 22.3. The Kier molecular flexibility index (Phi) is 6.21. The molecule has 3 rings (SSSR count). The van der Waals surface area contributed by atoms with Gasteiger partial charge in [-0.2, -0.15) is 5.06 Å². The van der Waals surface area contributed by atoms with Crippen LogP contribution in [0.4, 0.5) is 0 Å². The van der Waals surface area contributed by atoms with Crippen molar-refractivity contribution in [3.63, 3.8) is 0 Å². The minimum absolute atomic E-state index is 0.0700. The monoisotopic (exact) mass is 401 g/mol. The van der Waals surface area contributed by atoms with Crippen molar-refractivity contribution in [3.8, 4) is 0 Å². The van der Waals surface area contributed by atoms with E-state index in [1.807, 2.05) is 5.06 Å². The zero-order valence-electron chi connectivity index (χ0n) is 18.9. The molecule has 0 aliphatic carbocycles. The molecule has 1 unspecified atom stereocenters. The van der Waals surface area contributed by atoms with Crippen LogP contribution in [0.5, 0.6) is 0 Å². The largest absolute Gasteiger partial charge is 0.450 e. The van der Waals surface area contributed by atoms with Gasteiger partial charge in [-0.05, 0) is 40.0 Å². The number of esters is 1. The van der Waals surface area contributed by atoms with Crippen LogP contribution in [0.15, 0.2) is 12.1 Å².